The second-order valence-electron chi connectivity index (χ2n) is 3.99. The molecule has 2 aromatic rings. The Labute approximate surface area is 117 Å². The quantitative estimate of drug-likeness (QED) is 0.875. The molecule has 1 aliphatic heterocycles. The molecule has 0 spiro atoms. The van der Waals surface area contributed by atoms with Crippen molar-refractivity contribution in [3.8, 4) is 28.6 Å². The molecule has 2 heterocycles. The van der Waals surface area contributed by atoms with Crippen LogP contribution in [0, 0.1) is 0 Å². The first-order valence-electron chi connectivity index (χ1n) is 5.59. The van der Waals surface area contributed by atoms with Crippen molar-refractivity contribution < 1.29 is 29.0 Å². The summed E-state index contributed by atoms with van der Waals surface area (Å²) in [6.07, 6.45) is 0. The van der Waals surface area contributed by atoms with Crippen molar-refractivity contribution in [1.29, 1.82) is 0 Å². The molecule has 0 amide bonds. The lowest BCUT2D eigenvalue weighted by Gasteiger charge is -2.21. The molecule has 2 N–H and O–H groups in total. The molecule has 104 valence electrons. The molecule has 0 saturated heterocycles. The van der Waals surface area contributed by atoms with Gasteiger partial charge in [-0.3, -0.25) is 0 Å². The predicted molar refractivity (Wildman–Crippen MR) is 66.6 cm³/mol. The largest absolute Gasteiger partial charge is 0.506 e. The van der Waals surface area contributed by atoms with Crippen LogP contribution < -0.4 is 9.47 Å². The number of aromatic carboxylic acids is 1. The molecular weight excluding hydrogens is 290 g/mol. The van der Waals surface area contributed by atoms with E-state index in [1.807, 2.05) is 0 Å². The minimum atomic E-state index is -1.23. The highest BCUT2D eigenvalue weighted by atomic mass is 35.5. The van der Waals surface area contributed by atoms with Gasteiger partial charge in [0.15, 0.2) is 23.0 Å². The van der Waals surface area contributed by atoms with Crippen molar-refractivity contribution in [1.82, 2.24) is 5.16 Å². The Kier molecular flexibility index (Phi) is 2.90. The van der Waals surface area contributed by atoms with Crippen molar-refractivity contribution in [2.24, 2.45) is 0 Å². The van der Waals surface area contributed by atoms with Gasteiger partial charge >= 0.3 is 5.97 Å². The van der Waals surface area contributed by atoms with Crippen LogP contribution in [0.15, 0.2) is 16.7 Å². The van der Waals surface area contributed by atoms with Gasteiger partial charge < -0.3 is 24.2 Å². The van der Waals surface area contributed by atoms with E-state index in [1.54, 1.807) is 0 Å². The molecule has 20 heavy (non-hydrogen) atoms. The van der Waals surface area contributed by atoms with Crippen LogP contribution in [0.2, 0.25) is 5.02 Å². The number of hydrogen-bond donors (Lipinski definition) is 2. The zero-order valence-electron chi connectivity index (χ0n) is 9.92. The second-order valence-corrected chi connectivity index (χ2v) is 4.37. The van der Waals surface area contributed by atoms with Crippen LogP contribution in [0.1, 0.15) is 10.5 Å². The zero-order valence-corrected chi connectivity index (χ0v) is 10.7. The summed E-state index contributed by atoms with van der Waals surface area (Å²) in [5.74, 6) is -0.792. The lowest BCUT2D eigenvalue weighted by Crippen LogP contribution is -2.16. The number of halogens is 1. The van der Waals surface area contributed by atoms with Gasteiger partial charge in [0.1, 0.15) is 19.0 Å². The molecule has 0 unspecified atom stereocenters. The average Bonchev–Trinajstić information content (AvgIpc) is 2.90. The Bertz CT molecular complexity index is 695. The molecule has 0 fully saturated rings. The van der Waals surface area contributed by atoms with Crippen LogP contribution in [-0.2, 0) is 0 Å². The third-order valence-corrected chi connectivity index (χ3v) is 3.11. The van der Waals surface area contributed by atoms with E-state index in [2.05, 4.69) is 5.16 Å². The fourth-order valence-electron chi connectivity index (χ4n) is 1.86. The Morgan fingerprint density at radius 1 is 1.30 bits per heavy atom. The van der Waals surface area contributed by atoms with Crippen LogP contribution in [0.3, 0.4) is 0 Å². The second kappa shape index (κ2) is 4.61. The number of fused-ring (bicyclic) bond motifs is 1. The van der Waals surface area contributed by atoms with Crippen molar-refractivity contribution in [2.75, 3.05) is 13.2 Å². The molecule has 0 saturated carbocycles. The molecule has 0 radical (unpaired) electrons. The highest BCUT2D eigenvalue weighted by Crippen LogP contribution is 2.48. The summed E-state index contributed by atoms with van der Waals surface area (Å²) < 4.78 is 15.8. The van der Waals surface area contributed by atoms with Crippen LogP contribution >= 0.6 is 11.6 Å². The predicted octanol–water partition coefficient (Wildman–Crippen LogP) is 2.17. The first-order chi connectivity index (χ1) is 9.58. The van der Waals surface area contributed by atoms with Gasteiger partial charge in [0, 0.05) is 12.1 Å². The van der Waals surface area contributed by atoms with Gasteiger partial charge in [0.2, 0.25) is 0 Å². The monoisotopic (exact) mass is 297 g/mol. The number of carboxylic acid groups (broad SMARTS) is 1. The summed E-state index contributed by atoms with van der Waals surface area (Å²) in [7, 11) is 0. The van der Waals surface area contributed by atoms with Crippen molar-refractivity contribution in [3.05, 3.63) is 22.8 Å². The standard InChI is InChI=1S/C12H8ClNO6/c13-10-6(15)4-8-11(19-2-1-18-8)9(10)7-3-5(12(16)17)14-20-7/h3-4,15H,1-2H2,(H,16,17). The third-order valence-electron chi connectivity index (χ3n) is 2.73. The van der Waals surface area contributed by atoms with E-state index in [-0.39, 0.29) is 33.5 Å². The normalized spacial score (nSPS) is 13.2. The van der Waals surface area contributed by atoms with Gasteiger partial charge in [0.25, 0.3) is 0 Å². The molecule has 7 nitrogen and oxygen atoms in total. The van der Waals surface area contributed by atoms with Crippen LogP contribution in [0.4, 0.5) is 0 Å². The van der Waals surface area contributed by atoms with E-state index >= 15 is 0 Å². The molecule has 8 heteroatoms. The van der Waals surface area contributed by atoms with Gasteiger partial charge in [-0.1, -0.05) is 16.8 Å². The van der Waals surface area contributed by atoms with E-state index in [4.69, 9.17) is 30.7 Å². The topological polar surface area (TPSA) is 102 Å². The fraction of sp³-hybridized carbons (Fsp3) is 0.167. The molecule has 1 aromatic carbocycles. The Morgan fingerprint density at radius 3 is 2.75 bits per heavy atom. The number of benzene rings is 1. The number of ether oxygens (including phenoxy) is 2. The van der Waals surface area contributed by atoms with Gasteiger partial charge in [-0.2, -0.15) is 0 Å². The van der Waals surface area contributed by atoms with E-state index in [0.29, 0.717) is 19.0 Å². The Balaban J connectivity index is 2.20. The van der Waals surface area contributed by atoms with Gasteiger partial charge in [0.05, 0.1) is 10.6 Å². The maximum absolute atomic E-state index is 10.8. The van der Waals surface area contributed by atoms with Crippen molar-refractivity contribution in [3.63, 3.8) is 0 Å². The van der Waals surface area contributed by atoms with Crippen LogP contribution in [0.5, 0.6) is 17.2 Å². The minimum Gasteiger partial charge on any atom is -0.506 e. The Morgan fingerprint density at radius 2 is 2.05 bits per heavy atom. The van der Waals surface area contributed by atoms with Gasteiger partial charge in [-0.05, 0) is 0 Å². The highest BCUT2D eigenvalue weighted by molar-refractivity contribution is 6.35. The number of carboxylic acids is 1. The third kappa shape index (κ3) is 1.92. The molecule has 0 bridgehead atoms. The minimum absolute atomic E-state index is 0.0256. The SMILES string of the molecule is O=C(O)c1cc(-c2c(Cl)c(O)cc3c2OCCO3)on1. The number of rotatable bonds is 2. The maximum Gasteiger partial charge on any atom is 0.358 e. The number of nitrogens with zero attached hydrogens (tertiary/aromatic N) is 1. The first kappa shape index (κ1) is 12.6. The van der Waals surface area contributed by atoms with E-state index < -0.39 is 5.97 Å². The fourth-order valence-corrected chi connectivity index (χ4v) is 2.10. The number of hydrogen-bond acceptors (Lipinski definition) is 6. The van der Waals surface area contributed by atoms with Gasteiger partial charge in [-0.15, -0.1) is 0 Å². The maximum atomic E-state index is 10.8. The van der Waals surface area contributed by atoms with Crippen LogP contribution in [0.25, 0.3) is 11.3 Å². The zero-order chi connectivity index (χ0) is 14.3. The summed E-state index contributed by atoms with van der Waals surface area (Å²) in [6, 6.07) is 2.52. The molecule has 0 atom stereocenters. The summed E-state index contributed by atoms with van der Waals surface area (Å²) in [5.41, 5.74) is -0.0637. The number of phenols is 1. The summed E-state index contributed by atoms with van der Waals surface area (Å²) in [6.45, 7) is 0.644. The highest BCUT2D eigenvalue weighted by Gasteiger charge is 2.26. The summed E-state index contributed by atoms with van der Waals surface area (Å²) >= 11 is 6.03. The first-order valence-corrected chi connectivity index (χ1v) is 5.97. The number of aromatic nitrogens is 1. The number of carbonyl (C=O) groups is 1. The lowest BCUT2D eigenvalue weighted by molar-refractivity contribution is 0.0686. The van der Waals surface area contributed by atoms with E-state index in [0.717, 1.165) is 0 Å². The van der Waals surface area contributed by atoms with Crippen LogP contribution in [-0.4, -0.2) is 34.6 Å². The van der Waals surface area contributed by atoms with E-state index in [9.17, 15) is 9.90 Å². The van der Waals surface area contributed by atoms with Gasteiger partial charge in [-0.25, -0.2) is 4.79 Å². The molecular formula is C12H8ClNO6. The lowest BCUT2D eigenvalue weighted by atomic mass is 10.1. The summed E-state index contributed by atoms with van der Waals surface area (Å²) in [5, 5.41) is 22.0. The van der Waals surface area contributed by atoms with Crippen molar-refractivity contribution in [2.45, 2.75) is 0 Å². The summed E-state index contributed by atoms with van der Waals surface area (Å²) in [4.78, 5) is 10.8. The number of aromatic hydroxyl groups is 1. The van der Waals surface area contributed by atoms with E-state index in [1.165, 1.54) is 12.1 Å². The molecule has 1 aliphatic rings. The molecule has 3 rings (SSSR count). The number of phenolic OH excluding ortho intramolecular Hbond substituents is 1. The smallest absolute Gasteiger partial charge is 0.358 e. The molecule has 1 aromatic heterocycles. The Hall–Kier alpha value is -2.41. The van der Waals surface area contributed by atoms with Crippen molar-refractivity contribution >= 4 is 17.6 Å². The average molecular weight is 298 g/mol. The molecule has 0 aliphatic carbocycles.